The third-order valence-electron chi connectivity index (χ3n) is 3.79. The second-order valence-corrected chi connectivity index (χ2v) is 5.58. The molecular weight excluding hydrogens is 276 g/mol. The van der Waals surface area contributed by atoms with Gasteiger partial charge in [-0.3, -0.25) is 0 Å². The van der Waals surface area contributed by atoms with Crippen molar-refractivity contribution in [2.24, 2.45) is 0 Å². The smallest absolute Gasteiger partial charge is 0.119 e. The molecular formula is C19H22O3. The summed E-state index contributed by atoms with van der Waals surface area (Å²) < 4.78 is 15.9. The molecule has 0 aromatic heterocycles. The minimum atomic E-state index is 0.297. The molecule has 0 radical (unpaired) electrons. The zero-order valence-electron chi connectivity index (χ0n) is 13.0. The first-order valence-corrected chi connectivity index (χ1v) is 7.78. The lowest BCUT2D eigenvalue weighted by molar-refractivity contribution is 0.195. The lowest BCUT2D eigenvalue weighted by Gasteiger charge is -2.07. The van der Waals surface area contributed by atoms with Crippen LogP contribution in [-0.2, 0) is 15.9 Å². The zero-order valence-corrected chi connectivity index (χ0v) is 13.0. The lowest BCUT2D eigenvalue weighted by Crippen LogP contribution is -2.03. The Hall–Kier alpha value is -1.84. The van der Waals surface area contributed by atoms with Crippen molar-refractivity contribution in [1.29, 1.82) is 0 Å². The maximum atomic E-state index is 5.66. The summed E-state index contributed by atoms with van der Waals surface area (Å²) in [6, 6.07) is 17.0. The number of epoxide rings is 1. The molecule has 116 valence electrons. The maximum Gasteiger partial charge on any atom is 0.119 e. The van der Waals surface area contributed by atoms with Gasteiger partial charge in [0.1, 0.15) is 18.5 Å². The summed E-state index contributed by atoms with van der Waals surface area (Å²) in [5.74, 6) is 0.899. The minimum Gasteiger partial charge on any atom is -0.491 e. The van der Waals surface area contributed by atoms with E-state index < -0.39 is 0 Å². The van der Waals surface area contributed by atoms with E-state index in [1.165, 1.54) is 16.7 Å². The molecule has 0 unspecified atom stereocenters. The molecule has 3 rings (SSSR count). The zero-order chi connectivity index (χ0) is 15.2. The Morgan fingerprint density at radius 2 is 1.64 bits per heavy atom. The molecule has 0 spiro atoms. The SMILES string of the molecule is COCCCc1ccc(-c2ccc(OC[C@H]3CO3)cc2)cc1. The van der Waals surface area contributed by atoms with Crippen molar-refractivity contribution in [3.05, 3.63) is 54.1 Å². The van der Waals surface area contributed by atoms with Crippen LogP contribution in [0.5, 0.6) is 5.75 Å². The highest BCUT2D eigenvalue weighted by Gasteiger charge is 2.22. The van der Waals surface area contributed by atoms with E-state index in [-0.39, 0.29) is 0 Å². The fourth-order valence-corrected chi connectivity index (χ4v) is 2.38. The van der Waals surface area contributed by atoms with E-state index in [2.05, 4.69) is 36.4 Å². The number of rotatable bonds is 8. The van der Waals surface area contributed by atoms with Gasteiger partial charge in [-0.1, -0.05) is 36.4 Å². The fraction of sp³-hybridized carbons (Fsp3) is 0.368. The van der Waals surface area contributed by atoms with E-state index in [9.17, 15) is 0 Å². The van der Waals surface area contributed by atoms with Crippen molar-refractivity contribution in [2.45, 2.75) is 18.9 Å². The summed E-state index contributed by atoms with van der Waals surface area (Å²) in [5, 5.41) is 0. The van der Waals surface area contributed by atoms with E-state index in [1.54, 1.807) is 7.11 Å². The van der Waals surface area contributed by atoms with Crippen molar-refractivity contribution >= 4 is 0 Å². The van der Waals surface area contributed by atoms with Crippen molar-refractivity contribution in [1.82, 2.24) is 0 Å². The Morgan fingerprint density at radius 1 is 1.00 bits per heavy atom. The van der Waals surface area contributed by atoms with Crippen LogP contribution in [0.25, 0.3) is 11.1 Å². The number of hydrogen-bond acceptors (Lipinski definition) is 3. The van der Waals surface area contributed by atoms with Crippen LogP contribution in [0.4, 0.5) is 0 Å². The Morgan fingerprint density at radius 3 is 2.23 bits per heavy atom. The monoisotopic (exact) mass is 298 g/mol. The van der Waals surface area contributed by atoms with E-state index in [0.717, 1.165) is 31.8 Å². The van der Waals surface area contributed by atoms with Crippen LogP contribution in [-0.4, -0.2) is 33.0 Å². The standard InChI is InChI=1S/C19H22O3/c1-20-12-2-3-15-4-6-16(7-5-15)17-8-10-18(11-9-17)21-13-19-14-22-19/h4-11,19H,2-3,12-14H2,1H3/t19-/m0/s1. The van der Waals surface area contributed by atoms with Gasteiger partial charge in [-0.25, -0.2) is 0 Å². The van der Waals surface area contributed by atoms with Gasteiger partial charge in [-0.15, -0.1) is 0 Å². The average molecular weight is 298 g/mol. The largest absolute Gasteiger partial charge is 0.491 e. The van der Waals surface area contributed by atoms with Gasteiger partial charge in [0, 0.05) is 13.7 Å². The predicted molar refractivity (Wildman–Crippen MR) is 87.3 cm³/mol. The summed E-state index contributed by atoms with van der Waals surface area (Å²) in [5.41, 5.74) is 3.79. The van der Waals surface area contributed by atoms with Crippen molar-refractivity contribution in [3.63, 3.8) is 0 Å². The van der Waals surface area contributed by atoms with Crippen LogP contribution in [0.3, 0.4) is 0 Å². The maximum absolute atomic E-state index is 5.66. The number of aryl methyl sites for hydroxylation is 1. The average Bonchev–Trinajstić information content (AvgIpc) is 3.39. The molecule has 0 saturated carbocycles. The number of benzene rings is 2. The quantitative estimate of drug-likeness (QED) is 0.550. The Bertz CT molecular complexity index is 571. The molecule has 22 heavy (non-hydrogen) atoms. The molecule has 1 atom stereocenters. The highest BCUT2D eigenvalue weighted by Crippen LogP contribution is 2.23. The van der Waals surface area contributed by atoms with Crippen molar-refractivity contribution in [3.8, 4) is 16.9 Å². The predicted octanol–water partition coefficient (Wildman–Crippen LogP) is 3.71. The first kappa shape index (κ1) is 15.1. The topological polar surface area (TPSA) is 31.0 Å². The highest BCUT2D eigenvalue weighted by atomic mass is 16.6. The molecule has 2 aromatic rings. The summed E-state index contributed by atoms with van der Waals surface area (Å²) in [7, 11) is 1.74. The molecule has 0 amide bonds. The fourth-order valence-electron chi connectivity index (χ4n) is 2.38. The first-order chi connectivity index (χ1) is 10.8. The van der Waals surface area contributed by atoms with E-state index in [1.807, 2.05) is 12.1 Å². The third-order valence-corrected chi connectivity index (χ3v) is 3.79. The Labute approximate surface area is 131 Å². The second-order valence-electron chi connectivity index (χ2n) is 5.58. The molecule has 0 bridgehead atoms. The summed E-state index contributed by atoms with van der Waals surface area (Å²) >= 11 is 0. The number of methoxy groups -OCH3 is 1. The van der Waals surface area contributed by atoms with Gasteiger partial charge in [-0.2, -0.15) is 0 Å². The first-order valence-electron chi connectivity index (χ1n) is 7.78. The van der Waals surface area contributed by atoms with E-state index in [0.29, 0.717) is 12.7 Å². The number of hydrogen-bond donors (Lipinski definition) is 0. The van der Waals surface area contributed by atoms with Crippen molar-refractivity contribution < 1.29 is 14.2 Å². The van der Waals surface area contributed by atoms with Crippen molar-refractivity contribution in [2.75, 3.05) is 26.9 Å². The molecule has 1 fully saturated rings. The molecule has 3 heteroatoms. The molecule has 1 aliphatic rings. The minimum absolute atomic E-state index is 0.297. The Kier molecular flexibility index (Phi) is 5.09. The van der Waals surface area contributed by atoms with E-state index in [4.69, 9.17) is 14.2 Å². The molecule has 1 heterocycles. The van der Waals surface area contributed by atoms with Crippen LogP contribution in [0, 0.1) is 0 Å². The number of ether oxygens (including phenoxy) is 3. The summed E-state index contributed by atoms with van der Waals surface area (Å²) in [6.45, 7) is 2.29. The summed E-state index contributed by atoms with van der Waals surface area (Å²) in [4.78, 5) is 0. The van der Waals surface area contributed by atoms with Crippen LogP contribution < -0.4 is 4.74 Å². The summed E-state index contributed by atoms with van der Waals surface area (Å²) in [6.07, 6.45) is 2.42. The normalized spacial score (nSPS) is 16.5. The van der Waals surface area contributed by atoms with Gasteiger partial charge < -0.3 is 14.2 Å². The van der Waals surface area contributed by atoms with Crippen LogP contribution >= 0.6 is 0 Å². The van der Waals surface area contributed by atoms with Crippen LogP contribution in [0.1, 0.15) is 12.0 Å². The Balaban J connectivity index is 1.57. The van der Waals surface area contributed by atoms with Crippen LogP contribution in [0.15, 0.2) is 48.5 Å². The third kappa shape index (κ3) is 4.33. The molecule has 3 nitrogen and oxygen atoms in total. The molecule has 0 aliphatic carbocycles. The van der Waals surface area contributed by atoms with Gasteiger partial charge in [0.05, 0.1) is 6.61 Å². The van der Waals surface area contributed by atoms with Gasteiger partial charge in [0.25, 0.3) is 0 Å². The highest BCUT2D eigenvalue weighted by molar-refractivity contribution is 5.64. The molecule has 1 saturated heterocycles. The second kappa shape index (κ2) is 7.43. The van der Waals surface area contributed by atoms with Gasteiger partial charge >= 0.3 is 0 Å². The van der Waals surface area contributed by atoms with E-state index >= 15 is 0 Å². The van der Waals surface area contributed by atoms with Gasteiger partial charge in [-0.05, 0) is 41.7 Å². The van der Waals surface area contributed by atoms with Crippen LogP contribution in [0.2, 0.25) is 0 Å². The molecule has 1 aliphatic heterocycles. The van der Waals surface area contributed by atoms with Gasteiger partial charge in [0.2, 0.25) is 0 Å². The molecule has 0 N–H and O–H groups in total. The lowest BCUT2D eigenvalue weighted by atomic mass is 10.0. The molecule has 2 aromatic carbocycles. The van der Waals surface area contributed by atoms with Gasteiger partial charge in [0.15, 0.2) is 0 Å².